The lowest BCUT2D eigenvalue weighted by molar-refractivity contribution is -0.237. The number of hydrogen-bond donors (Lipinski definition) is 1. The van der Waals surface area contributed by atoms with Crippen molar-refractivity contribution in [2.45, 2.75) is 11.8 Å². The zero-order valence-corrected chi connectivity index (χ0v) is 11.2. The van der Waals surface area contributed by atoms with Crippen LogP contribution in [0.2, 0.25) is 0 Å². The van der Waals surface area contributed by atoms with Crippen LogP contribution in [0.5, 0.6) is 0 Å². The standard InChI is InChI=1S/C14H15NO2S/c1-11-4-3-5-13(10-11)12-6-8-14(9-7-12)18-17-16-15-2/h3-10,15H,1-2H3. The highest BCUT2D eigenvalue weighted by atomic mass is 32.2. The summed E-state index contributed by atoms with van der Waals surface area (Å²) in [6.07, 6.45) is 0. The molecule has 0 heterocycles. The van der Waals surface area contributed by atoms with Crippen LogP contribution in [-0.2, 0) is 9.32 Å². The Morgan fingerprint density at radius 3 is 2.44 bits per heavy atom. The van der Waals surface area contributed by atoms with Crippen LogP contribution in [0.3, 0.4) is 0 Å². The van der Waals surface area contributed by atoms with Gasteiger partial charge in [0.25, 0.3) is 0 Å². The van der Waals surface area contributed by atoms with E-state index in [0.29, 0.717) is 0 Å². The number of aryl methyl sites for hydroxylation is 1. The maximum Gasteiger partial charge on any atom is 0.0702 e. The topological polar surface area (TPSA) is 30.5 Å². The van der Waals surface area contributed by atoms with Gasteiger partial charge in [-0.25, -0.2) is 0 Å². The van der Waals surface area contributed by atoms with Gasteiger partial charge in [-0.1, -0.05) is 42.0 Å². The maximum absolute atomic E-state index is 4.84. The molecule has 0 amide bonds. The SMILES string of the molecule is CNOOSc1ccc(-c2cccc(C)c2)cc1. The van der Waals surface area contributed by atoms with E-state index in [-0.39, 0.29) is 0 Å². The van der Waals surface area contributed by atoms with Gasteiger partial charge in [0.2, 0.25) is 0 Å². The Labute approximate surface area is 111 Å². The Kier molecular flexibility index (Phi) is 4.78. The number of hydrogen-bond acceptors (Lipinski definition) is 4. The molecule has 0 radical (unpaired) electrons. The van der Waals surface area contributed by atoms with Gasteiger partial charge in [0.1, 0.15) is 0 Å². The lowest BCUT2D eigenvalue weighted by atomic mass is 10.0. The monoisotopic (exact) mass is 261 g/mol. The van der Waals surface area contributed by atoms with E-state index in [0.717, 1.165) is 4.90 Å². The molecule has 0 aliphatic rings. The van der Waals surface area contributed by atoms with Gasteiger partial charge in [0.05, 0.1) is 12.0 Å². The Hall–Kier alpha value is -1.33. The highest BCUT2D eigenvalue weighted by Gasteiger charge is 2.00. The Morgan fingerprint density at radius 2 is 1.78 bits per heavy atom. The highest BCUT2D eigenvalue weighted by Crippen LogP contribution is 2.25. The first-order chi connectivity index (χ1) is 8.79. The molecular formula is C14H15NO2S. The minimum atomic E-state index is 0.988. The predicted octanol–water partition coefficient (Wildman–Crippen LogP) is 3.75. The molecule has 0 atom stereocenters. The third-order valence-electron chi connectivity index (χ3n) is 2.45. The summed E-state index contributed by atoms with van der Waals surface area (Å²) in [5.74, 6) is 0. The summed E-state index contributed by atoms with van der Waals surface area (Å²) in [6, 6.07) is 16.6. The maximum atomic E-state index is 4.84. The largest absolute Gasteiger partial charge is 0.172 e. The molecule has 0 bridgehead atoms. The van der Waals surface area contributed by atoms with Crippen molar-refractivity contribution < 1.29 is 9.32 Å². The molecule has 0 fully saturated rings. The fraction of sp³-hybridized carbons (Fsp3) is 0.143. The zero-order chi connectivity index (χ0) is 12.8. The molecule has 0 spiro atoms. The Bertz CT molecular complexity index is 499. The van der Waals surface area contributed by atoms with Crippen LogP contribution < -0.4 is 5.48 Å². The van der Waals surface area contributed by atoms with Crippen molar-refractivity contribution in [1.82, 2.24) is 5.48 Å². The molecule has 0 saturated carbocycles. The number of hydroxylamine groups is 1. The van der Waals surface area contributed by atoms with E-state index in [9.17, 15) is 0 Å². The number of benzene rings is 2. The fourth-order valence-corrected chi connectivity index (χ4v) is 2.05. The van der Waals surface area contributed by atoms with E-state index in [4.69, 9.17) is 4.33 Å². The zero-order valence-electron chi connectivity index (χ0n) is 10.3. The van der Waals surface area contributed by atoms with Crippen LogP contribution in [0.1, 0.15) is 5.56 Å². The van der Waals surface area contributed by atoms with E-state index >= 15 is 0 Å². The Balaban J connectivity index is 2.07. The molecule has 2 rings (SSSR count). The number of nitrogens with one attached hydrogen (secondary N) is 1. The van der Waals surface area contributed by atoms with Crippen LogP contribution >= 0.6 is 12.0 Å². The molecule has 18 heavy (non-hydrogen) atoms. The van der Waals surface area contributed by atoms with Gasteiger partial charge in [0, 0.05) is 11.9 Å². The summed E-state index contributed by atoms with van der Waals surface area (Å²) in [7, 11) is 1.64. The predicted molar refractivity (Wildman–Crippen MR) is 73.7 cm³/mol. The van der Waals surface area contributed by atoms with Gasteiger partial charge in [-0.3, -0.25) is 0 Å². The lowest BCUT2D eigenvalue weighted by Gasteiger charge is -2.04. The molecule has 2 aromatic carbocycles. The van der Waals surface area contributed by atoms with Crippen molar-refractivity contribution in [3.8, 4) is 11.1 Å². The summed E-state index contributed by atoms with van der Waals surface area (Å²) in [5.41, 5.74) is 6.11. The summed E-state index contributed by atoms with van der Waals surface area (Å²) in [4.78, 5) is 5.57. The first kappa shape index (κ1) is 13.1. The van der Waals surface area contributed by atoms with Crippen molar-refractivity contribution in [1.29, 1.82) is 0 Å². The third kappa shape index (κ3) is 3.58. The third-order valence-corrected chi connectivity index (χ3v) is 3.05. The van der Waals surface area contributed by atoms with Crippen molar-refractivity contribution >= 4 is 12.0 Å². The summed E-state index contributed by atoms with van der Waals surface area (Å²) in [5, 5.41) is 0. The first-order valence-corrected chi connectivity index (χ1v) is 6.38. The van der Waals surface area contributed by atoms with E-state index in [1.54, 1.807) is 7.05 Å². The van der Waals surface area contributed by atoms with Gasteiger partial charge in [-0.05, 0) is 30.2 Å². The van der Waals surface area contributed by atoms with Crippen LogP contribution in [0.4, 0.5) is 0 Å². The lowest BCUT2D eigenvalue weighted by Crippen LogP contribution is -2.03. The summed E-state index contributed by atoms with van der Waals surface area (Å²) < 4.78 is 4.84. The molecule has 0 aliphatic carbocycles. The van der Waals surface area contributed by atoms with E-state index < -0.39 is 0 Å². The quantitative estimate of drug-likeness (QED) is 0.384. The van der Waals surface area contributed by atoms with Gasteiger partial charge < -0.3 is 0 Å². The average molecular weight is 261 g/mol. The van der Waals surface area contributed by atoms with Crippen LogP contribution in [-0.4, -0.2) is 7.05 Å². The van der Waals surface area contributed by atoms with Crippen molar-refractivity contribution in [2.75, 3.05) is 7.05 Å². The molecule has 0 aromatic heterocycles. The van der Waals surface area contributed by atoms with Crippen LogP contribution in [0, 0.1) is 6.92 Å². The van der Waals surface area contributed by atoms with Crippen LogP contribution in [0.25, 0.3) is 11.1 Å². The van der Waals surface area contributed by atoms with Crippen molar-refractivity contribution in [3.63, 3.8) is 0 Å². The molecular weight excluding hydrogens is 246 g/mol. The molecule has 1 N–H and O–H groups in total. The van der Waals surface area contributed by atoms with E-state index in [1.807, 2.05) is 12.1 Å². The van der Waals surface area contributed by atoms with Gasteiger partial charge in [0.15, 0.2) is 0 Å². The van der Waals surface area contributed by atoms with Crippen molar-refractivity contribution in [2.24, 2.45) is 0 Å². The van der Waals surface area contributed by atoms with Crippen molar-refractivity contribution in [3.05, 3.63) is 54.1 Å². The molecule has 3 nitrogen and oxygen atoms in total. The average Bonchev–Trinajstić information content (AvgIpc) is 2.40. The molecule has 0 aliphatic heterocycles. The van der Waals surface area contributed by atoms with Crippen LogP contribution in [0.15, 0.2) is 53.4 Å². The second kappa shape index (κ2) is 6.56. The number of rotatable bonds is 5. The molecule has 0 unspecified atom stereocenters. The normalized spacial score (nSPS) is 10.6. The molecule has 2 aromatic rings. The Morgan fingerprint density at radius 1 is 1.00 bits per heavy atom. The van der Waals surface area contributed by atoms with E-state index in [2.05, 4.69) is 53.8 Å². The molecule has 4 heteroatoms. The van der Waals surface area contributed by atoms with E-state index in [1.165, 1.54) is 28.7 Å². The highest BCUT2D eigenvalue weighted by molar-refractivity contribution is 7.94. The molecule has 94 valence electrons. The summed E-state index contributed by atoms with van der Waals surface area (Å²) in [6.45, 7) is 2.09. The fourth-order valence-electron chi connectivity index (χ4n) is 1.62. The first-order valence-electron chi connectivity index (χ1n) is 5.63. The second-order valence-corrected chi connectivity index (χ2v) is 4.61. The van der Waals surface area contributed by atoms with Gasteiger partial charge >= 0.3 is 0 Å². The minimum absolute atomic E-state index is 0.988. The minimum Gasteiger partial charge on any atom is -0.172 e. The van der Waals surface area contributed by atoms with Gasteiger partial charge in [-0.15, -0.1) is 9.32 Å². The van der Waals surface area contributed by atoms with Gasteiger partial charge in [-0.2, -0.15) is 5.48 Å². The second-order valence-electron chi connectivity index (χ2n) is 3.83. The smallest absolute Gasteiger partial charge is 0.0702 e. The summed E-state index contributed by atoms with van der Waals surface area (Å²) >= 11 is 1.17. The molecule has 0 saturated heterocycles.